The van der Waals surface area contributed by atoms with E-state index in [9.17, 15) is 0 Å². The van der Waals surface area contributed by atoms with Gasteiger partial charge in [0.2, 0.25) is 0 Å². The van der Waals surface area contributed by atoms with Crippen LogP contribution in [-0.2, 0) is 6.61 Å². The molecule has 94 valence electrons. The SMILES string of the molecule is CC(C)N1CCN(c2cncc(CO)n2)CC1. The third-order valence-corrected chi connectivity index (χ3v) is 3.20. The molecule has 0 radical (unpaired) electrons. The van der Waals surface area contributed by atoms with Gasteiger partial charge in [-0.2, -0.15) is 0 Å². The molecule has 2 heterocycles. The number of hydrogen-bond acceptors (Lipinski definition) is 5. The number of nitrogens with zero attached hydrogens (tertiary/aromatic N) is 4. The van der Waals surface area contributed by atoms with Crippen LogP contribution in [0.15, 0.2) is 12.4 Å². The zero-order valence-corrected chi connectivity index (χ0v) is 10.5. The highest BCUT2D eigenvalue weighted by Crippen LogP contribution is 2.14. The van der Waals surface area contributed by atoms with Crippen molar-refractivity contribution < 1.29 is 5.11 Å². The van der Waals surface area contributed by atoms with E-state index in [1.165, 1.54) is 0 Å². The lowest BCUT2D eigenvalue weighted by molar-refractivity contribution is 0.209. The smallest absolute Gasteiger partial charge is 0.147 e. The first-order chi connectivity index (χ1) is 8.20. The molecule has 1 aliphatic heterocycles. The zero-order valence-electron chi connectivity index (χ0n) is 10.5. The lowest BCUT2D eigenvalue weighted by atomic mass is 10.2. The minimum absolute atomic E-state index is 0.0488. The summed E-state index contributed by atoms with van der Waals surface area (Å²) >= 11 is 0. The van der Waals surface area contributed by atoms with Gasteiger partial charge in [0.15, 0.2) is 0 Å². The van der Waals surface area contributed by atoms with E-state index in [1.54, 1.807) is 12.4 Å². The van der Waals surface area contributed by atoms with Crippen LogP contribution < -0.4 is 4.90 Å². The Labute approximate surface area is 102 Å². The Morgan fingerprint density at radius 3 is 2.53 bits per heavy atom. The van der Waals surface area contributed by atoms with Crippen molar-refractivity contribution in [1.82, 2.24) is 14.9 Å². The number of piperazine rings is 1. The van der Waals surface area contributed by atoms with Crippen molar-refractivity contribution in [3.05, 3.63) is 18.1 Å². The van der Waals surface area contributed by atoms with E-state index in [0.717, 1.165) is 32.0 Å². The summed E-state index contributed by atoms with van der Waals surface area (Å²) in [5.41, 5.74) is 0.633. The second kappa shape index (κ2) is 5.42. The average molecular weight is 236 g/mol. The molecule has 1 aromatic heterocycles. The normalized spacial score (nSPS) is 17.8. The van der Waals surface area contributed by atoms with Gasteiger partial charge in [0.05, 0.1) is 24.7 Å². The fourth-order valence-electron chi connectivity index (χ4n) is 2.09. The van der Waals surface area contributed by atoms with Crippen LogP contribution in [-0.4, -0.2) is 52.2 Å². The molecule has 5 nitrogen and oxygen atoms in total. The van der Waals surface area contributed by atoms with Crippen molar-refractivity contribution in [2.45, 2.75) is 26.5 Å². The van der Waals surface area contributed by atoms with Crippen molar-refractivity contribution >= 4 is 5.82 Å². The molecule has 2 rings (SSSR count). The Bertz CT molecular complexity index is 361. The molecular weight excluding hydrogens is 216 g/mol. The molecule has 17 heavy (non-hydrogen) atoms. The number of hydrogen-bond donors (Lipinski definition) is 1. The predicted molar refractivity (Wildman–Crippen MR) is 66.9 cm³/mol. The van der Waals surface area contributed by atoms with Crippen molar-refractivity contribution in [2.24, 2.45) is 0 Å². The van der Waals surface area contributed by atoms with E-state index in [4.69, 9.17) is 5.11 Å². The maximum absolute atomic E-state index is 9.05. The van der Waals surface area contributed by atoms with Gasteiger partial charge in [-0.05, 0) is 13.8 Å². The van der Waals surface area contributed by atoms with Gasteiger partial charge < -0.3 is 10.0 Å². The molecule has 1 N–H and O–H groups in total. The molecule has 1 aliphatic rings. The lowest BCUT2D eigenvalue weighted by Crippen LogP contribution is -2.49. The van der Waals surface area contributed by atoms with Gasteiger partial charge in [-0.3, -0.25) is 9.88 Å². The number of aliphatic hydroxyl groups excluding tert-OH is 1. The van der Waals surface area contributed by atoms with Crippen LogP contribution in [0.25, 0.3) is 0 Å². The van der Waals surface area contributed by atoms with E-state index >= 15 is 0 Å². The van der Waals surface area contributed by atoms with Gasteiger partial charge in [-0.1, -0.05) is 0 Å². The zero-order chi connectivity index (χ0) is 12.3. The molecule has 1 saturated heterocycles. The molecule has 0 atom stereocenters. The van der Waals surface area contributed by atoms with Gasteiger partial charge in [0.1, 0.15) is 5.82 Å². The fraction of sp³-hybridized carbons (Fsp3) is 0.667. The van der Waals surface area contributed by atoms with Crippen LogP contribution in [0, 0.1) is 0 Å². The Hall–Kier alpha value is -1.20. The van der Waals surface area contributed by atoms with Gasteiger partial charge in [0.25, 0.3) is 0 Å². The van der Waals surface area contributed by atoms with Crippen molar-refractivity contribution in [1.29, 1.82) is 0 Å². The maximum atomic E-state index is 9.05. The molecule has 5 heteroatoms. The van der Waals surface area contributed by atoms with Crippen LogP contribution >= 0.6 is 0 Å². The van der Waals surface area contributed by atoms with E-state index in [1.807, 2.05) is 0 Å². The summed E-state index contributed by atoms with van der Waals surface area (Å²) in [4.78, 5) is 13.2. The quantitative estimate of drug-likeness (QED) is 0.828. The highest BCUT2D eigenvalue weighted by molar-refractivity contribution is 5.36. The third-order valence-electron chi connectivity index (χ3n) is 3.20. The maximum Gasteiger partial charge on any atom is 0.147 e. The van der Waals surface area contributed by atoms with Crippen LogP contribution in [0.1, 0.15) is 19.5 Å². The lowest BCUT2D eigenvalue weighted by Gasteiger charge is -2.37. The average Bonchev–Trinajstić information content (AvgIpc) is 2.39. The Morgan fingerprint density at radius 1 is 1.24 bits per heavy atom. The molecule has 0 bridgehead atoms. The van der Waals surface area contributed by atoms with E-state index < -0.39 is 0 Å². The Kier molecular flexibility index (Phi) is 3.91. The highest BCUT2D eigenvalue weighted by Gasteiger charge is 2.19. The Morgan fingerprint density at radius 2 is 1.94 bits per heavy atom. The summed E-state index contributed by atoms with van der Waals surface area (Å²) < 4.78 is 0. The Balaban J connectivity index is 2.00. The van der Waals surface area contributed by atoms with Crippen molar-refractivity contribution in [3.63, 3.8) is 0 Å². The number of aliphatic hydroxyl groups is 1. The first-order valence-electron chi connectivity index (χ1n) is 6.11. The fourth-order valence-corrected chi connectivity index (χ4v) is 2.09. The molecule has 0 aliphatic carbocycles. The summed E-state index contributed by atoms with van der Waals surface area (Å²) in [5, 5.41) is 9.05. The largest absolute Gasteiger partial charge is 0.390 e. The molecule has 1 fully saturated rings. The van der Waals surface area contributed by atoms with E-state index in [0.29, 0.717) is 11.7 Å². The van der Waals surface area contributed by atoms with Gasteiger partial charge in [-0.25, -0.2) is 4.98 Å². The van der Waals surface area contributed by atoms with Gasteiger partial charge in [0, 0.05) is 32.2 Å². The molecule has 0 amide bonds. The molecular formula is C12H20N4O. The summed E-state index contributed by atoms with van der Waals surface area (Å²) in [5.74, 6) is 0.875. The molecule has 1 aromatic rings. The second-order valence-corrected chi connectivity index (χ2v) is 4.64. The van der Waals surface area contributed by atoms with Crippen LogP contribution in [0.3, 0.4) is 0 Å². The number of rotatable bonds is 3. The summed E-state index contributed by atoms with van der Waals surface area (Å²) in [6.07, 6.45) is 3.37. The summed E-state index contributed by atoms with van der Waals surface area (Å²) in [7, 11) is 0. The number of anilines is 1. The first kappa shape index (κ1) is 12.3. The van der Waals surface area contributed by atoms with Gasteiger partial charge >= 0.3 is 0 Å². The number of aromatic nitrogens is 2. The molecule has 0 aromatic carbocycles. The summed E-state index contributed by atoms with van der Waals surface area (Å²) in [6, 6.07) is 0.604. The van der Waals surface area contributed by atoms with Crippen molar-refractivity contribution in [2.75, 3.05) is 31.1 Å². The third kappa shape index (κ3) is 2.92. The summed E-state index contributed by atoms with van der Waals surface area (Å²) in [6.45, 7) is 8.46. The second-order valence-electron chi connectivity index (χ2n) is 4.64. The van der Waals surface area contributed by atoms with Crippen LogP contribution in [0.2, 0.25) is 0 Å². The standard InChI is InChI=1S/C12H20N4O/c1-10(2)15-3-5-16(6-4-15)12-8-13-7-11(9-17)14-12/h7-8,10,17H,3-6,9H2,1-2H3. The molecule has 0 spiro atoms. The minimum Gasteiger partial charge on any atom is -0.390 e. The predicted octanol–water partition coefficient (Wildman–Crippen LogP) is 0.499. The molecule has 0 unspecified atom stereocenters. The van der Waals surface area contributed by atoms with Gasteiger partial charge in [-0.15, -0.1) is 0 Å². The monoisotopic (exact) mass is 236 g/mol. The van der Waals surface area contributed by atoms with Crippen LogP contribution in [0.5, 0.6) is 0 Å². The van der Waals surface area contributed by atoms with Crippen molar-refractivity contribution in [3.8, 4) is 0 Å². The highest BCUT2D eigenvalue weighted by atomic mass is 16.3. The van der Waals surface area contributed by atoms with E-state index in [2.05, 4.69) is 33.6 Å². The first-order valence-corrected chi connectivity index (χ1v) is 6.11. The molecule has 0 saturated carbocycles. The topological polar surface area (TPSA) is 52.5 Å². The van der Waals surface area contributed by atoms with Crippen LogP contribution in [0.4, 0.5) is 5.82 Å². The van der Waals surface area contributed by atoms with E-state index in [-0.39, 0.29) is 6.61 Å². The minimum atomic E-state index is -0.0488.